The minimum absolute atomic E-state index is 0.165. The van der Waals surface area contributed by atoms with E-state index in [0.29, 0.717) is 23.3 Å². The highest BCUT2D eigenvalue weighted by molar-refractivity contribution is 6.17. The van der Waals surface area contributed by atoms with Crippen LogP contribution in [-0.2, 0) is 26.4 Å². The van der Waals surface area contributed by atoms with Crippen LogP contribution in [0.15, 0.2) is 0 Å². The van der Waals surface area contributed by atoms with Crippen molar-refractivity contribution in [3.05, 3.63) is 11.5 Å². The van der Waals surface area contributed by atoms with Gasteiger partial charge in [-0.3, -0.25) is 4.68 Å². The van der Waals surface area contributed by atoms with Gasteiger partial charge in [-0.05, 0) is 6.42 Å². The summed E-state index contributed by atoms with van der Waals surface area (Å²) in [5.41, 5.74) is 1.42. The average Bonchev–Trinajstić information content (AvgIpc) is 2.89. The summed E-state index contributed by atoms with van der Waals surface area (Å²) in [7, 11) is 1.57. The smallest absolute Gasteiger partial charge is 0.307 e. The lowest BCUT2D eigenvalue weighted by molar-refractivity contribution is -0.137. The topological polar surface area (TPSA) is 35.6 Å². The number of aromatic nitrogens is 4. The minimum atomic E-state index is -4.13. The van der Waals surface area contributed by atoms with Gasteiger partial charge in [0.25, 0.3) is 0 Å². The Bertz CT molecular complexity index is 635. The van der Waals surface area contributed by atoms with Crippen molar-refractivity contribution in [2.45, 2.75) is 38.7 Å². The summed E-state index contributed by atoms with van der Waals surface area (Å²) in [4.78, 5) is 4.25. The molecule has 0 amide bonds. The summed E-state index contributed by atoms with van der Waals surface area (Å²) < 4.78 is 54.2. The summed E-state index contributed by atoms with van der Waals surface area (Å²) in [6, 6.07) is 0. The fraction of sp³-hybridized carbons (Fsp3) is 0.667. The van der Waals surface area contributed by atoms with Crippen molar-refractivity contribution in [1.82, 2.24) is 19.3 Å². The molecule has 0 aliphatic heterocycles. The molecule has 0 aliphatic rings. The largest absolute Gasteiger partial charge is 0.324 e. The molecule has 2 aromatic heterocycles. The fourth-order valence-electron chi connectivity index (χ4n) is 2.25. The molecule has 2 heterocycles. The van der Waals surface area contributed by atoms with Gasteiger partial charge < -0.3 is 4.57 Å². The molecule has 118 valence electrons. The van der Waals surface area contributed by atoms with Crippen molar-refractivity contribution in [2.75, 3.05) is 5.88 Å². The van der Waals surface area contributed by atoms with E-state index in [1.165, 1.54) is 4.68 Å². The lowest BCUT2D eigenvalue weighted by Crippen LogP contribution is -2.33. The van der Waals surface area contributed by atoms with Crippen LogP contribution < -0.4 is 0 Å². The molecule has 2 aromatic rings. The molecular weight excluding hydrogens is 312 g/mol. The Kier molecular flexibility index (Phi) is 4.46. The molecule has 0 saturated heterocycles. The van der Waals surface area contributed by atoms with Gasteiger partial charge in [0.2, 0.25) is 0 Å². The van der Waals surface area contributed by atoms with Crippen LogP contribution in [-0.4, -0.2) is 37.6 Å². The third kappa shape index (κ3) is 2.86. The Labute approximate surface area is 123 Å². The maximum absolute atomic E-state index is 13.4. The zero-order chi connectivity index (χ0) is 15.8. The number of halogens is 5. The predicted octanol–water partition coefficient (Wildman–Crippen LogP) is 3.01. The summed E-state index contributed by atoms with van der Waals surface area (Å²) in [5, 5.41) is 4.17. The van der Waals surface area contributed by atoms with E-state index in [4.69, 9.17) is 11.6 Å². The van der Waals surface area contributed by atoms with Crippen molar-refractivity contribution in [3.63, 3.8) is 0 Å². The van der Waals surface area contributed by atoms with Crippen LogP contribution in [0.5, 0.6) is 0 Å². The molecular formula is C12H15ClF4N4. The number of rotatable bonds is 6. The van der Waals surface area contributed by atoms with E-state index in [1.807, 2.05) is 6.92 Å². The Morgan fingerprint density at radius 2 is 2.00 bits per heavy atom. The Morgan fingerprint density at radius 3 is 2.52 bits per heavy atom. The predicted molar refractivity (Wildman–Crippen MR) is 71.3 cm³/mol. The molecule has 0 atom stereocenters. The Morgan fingerprint density at radius 1 is 1.33 bits per heavy atom. The molecule has 0 spiro atoms. The first-order valence-corrected chi connectivity index (χ1v) is 6.98. The van der Waals surface area contributed by atoms with Crippen LogP contribution >= 0.6 is 11.6 Å². The molecule has 4 nitrogen and oxygen atoms in total. The quantitative estimate of drug-likeness (QED) is 0.604. The fourth-order valence-corrected chi connectivity index (χ4v) is 2.42. The summed E-state index contributed by atoms with van der Waals surface area (Å²) >= 11 is 5.64. The van der Waals surface area contributed by atoms with E-state index in [1.54, 1.807) is 7.05 Å². The first kappa shape index (κ1) is 16.1. The minimum Gasteiger partial charge on any atom is -0.307 e. The van der Waals surface area contributed by atoms with Gasteiger partial charge in [0.1, 0.15) is 11.3 Å². The van der Waals surface area contributed by atoms with Crippen LogP contribution in [0.3, 0.4) is 0 Å². The summed E-state index contributed by atoms with van der Waals surface area (Å²) in [6.07, 6.45) is -2.95. The van der Waals surface area contributed by atoms with E-state index < -0.39 is 18.9 Å². The first-order valence-electron chi connectivity index (χ1n) is 6.44. The van der Waals surface area contributed by atoms with E-state index in [-0.39, 0.29) is 18.1 Å². The van der Waals surface area contributed by atoms with Crippen LogP contribution in [0.2, 0.25) is 0 Å². The highest BCUT2D eigenvalue weighted by atomic mass is 35.5. The summed E-state index contributed by atoms with van der Waals surface area (Å²) in [5.74, 6) is -3.70. The molecule has 0 aromatic carbocycles. The second kappa shape index (κ2) is 5.82. The molecule has 0 N–H and O–H groups in total. The third-order valence-electron chi connectivity index (χ3n) is 3.21. The third-order valence-corrected chi connectivity index (χ3v) is 3.40. The molecule has 2 rings (SSSR count). The van der Waals surface area contributed by atoms with Crippen LogP contribution in [0, 0.1) is 0 Å². The highest BCUT2D eigenvalue weighted by Gasteiger charge is 2.42. The normalized spacial score (nSPS) is 12.8. The molecule has 9 heteroatoms. The monoisotopic (exact) mass is 326 g/mol. The van der Waals surface area contributed by atoms with Crippen LogP contribution in [0.4, 0.5) is 17.6 Å². The number of fused-ring (bicyclic) bond motifs is 1. The van der Waals surface area contributed by atoms with Crippen molar-refractivity contribution in [2.24, 2.45) is 7.05 Å². The van der Waals surface area contributed by atoms with E-state index >= 15 is 0 Å². The van der Waals surface area contributed by atoms with Crippen molar-refractivity contribution >= 4 is 22.8 Å². The second-order valence-electron chi connectivity index (χ2n) is 4.71. The SMILES string of the molecule is CCc1nn(C)c2c1nc(CCCl)n2CC(F)(F)C(F)F. The van der Waals surface area contributed by atoms with Gasteiger partial charge >= 0.3 is 12.3 Å². The van der Waals surface area contributed by atoms with E-state index in [0.717, 1.165) is 4.57 Å². The molecule has 0 fully saturated rings. The molecule has 21 heavy (non-hydrogen) atoms. The first-order chi connectivity index (χ1) is 9.81. The van der Waals surface area contributed by atoms with E-state index in [9.17, 15) is 17.6 Å². The lowest BCUT2D eigenvalue weighted by atomic mass is 10.3. The van der Waals surface area contributed by atoms with Crippen molar-refractivity contribution in [1.29, 1.82) is 0 Å². The standard InChI is InChI=1S/C12H15ClF4N4/c1-3-7-9-10(20(2)19-7)21(8(18-9)4-5-13)6-12(16,17)11(14)15/h11H,3-6H2,1-2H3. The van der Waals surface area contributed by atoms with Gasteiger partial charge in [-0.15, -0.1) is 11.6 Å². The van der Waals surface area contributed by atoms with Gasteiger partial charge in [-0.2, -0.15) is 13.9 Å². The molecule has 0 saturated carbocycles. The van der Waals surface area contributed by atoms with Crippen LogP contribution in [0.25, 0.3) is 11.2 Å². The summed E-state index contributed by atoms with van der Waals surface area (Å²) in [6.45, 7) is 0.714. The zero-order valence-electron chi connectivity index (χ0n) is 11.6. The molecule has 0 bridgehead atoms. The number of alkyl halides is 5. The van der Waals surface area contributed by atoms with Crippen molar-refractivity contribution in [3.8, 4) is 0 Å². The van der Waals surface area contributed by atoms with Gasteiger partial charge in [-0.25, -0.2) is 13.8 Å². The molecule has 0 radical (unpaired) electrons. The maximum Gasteiger partial charge on any atom is 0.324 e. The lowest BCUT2D eigenvalue weighted by Gasteiger charge is -2.18. The number of aryl methyl sites for hydroxylation is 3. The zero-order valence-corrected chi connectivity index (χ0v) is 12.3. The number of nitrogens with zero attached hydrogens (tertiary/aromatic N) is 4. The van der Waals surface area contributed by atoms with Gasteiger partial charge in [0, 0.05) is 19.3 Å². The second-order valence-corrected chi connectivity index (χ2v) is 5.09. The van der Waals surface area contributed by atoms with Gasteiger partial charge in [-0.1, -0.05) is 6.92 Å². The number of imidazole rings is 1. The number of hydrogen-bond acceptors (Lipinski definition) is 2. The highest BCUT2D eigenvalue weighted by Crippen LogP contribution is 2.29. The Balaban J connectivity index is 2.58. The van der Waals surface area contributed by atoms with Gasteiger partial charge in [0.05, 0.1) is 12.2 Å². The average molecular weight is 327 g/mol. The number of hydrogen-bond donors (Lipinski definition) is 0. The van der Waals surface area contributed by atoms with Gasteiger partial charge in [0.15, 0.2) is 5.65 Å². The Hall–Kier alpha value is -1.31. The van der Waals surface area contributed by atoms with Crippen molar-refractivity contribution < 1.29 is 17.6 Å². The van der Waals surface area contributed by atoms with Crippen LogP contribution in [0.1, 0.15) is 18.4 Å². The maximum atomic E-state index is 13.4. The molecule has 0 aliphatic carbocycles. The van der Waals surface area contributed by atoms with E-state index in [2.05, 4.69) is 10.1 Å². The molecule has 0 unspecified atom stereocenters.